The number of amides is 1. The van der Waals surface area contributed by atoms with Crippen LogP contribution in [0.1, 0.15) is 16.1 Å². The second-order valence-electron chi connectivity index (χ2n) is 9.28. The van der Waals surface area contributed by atoms with Crippen molar-refractivity contribution in [1.82, 2.24) is 9.47 Å². The van der Waals surface area contributed by atoms with Crippen LogP contribution in [-0.4, -0.2) is 54.1 Å². The van der Waals surface area contributed by atoms with Crippen LogP contribution in [0.15, 0.2) is 83.7 Å². The molecule has 1 aliphatic rings. The minimum atomic E-state index is -0.697. The molecule has 188 valence electrons. The monoisotopic (exact) mass is 495 g/mol. The number of hydrogen-bond acceptors (Lipinski definition) is 5. The fourth-order valence-electron chi connectivity index (χ4n) is 4.86. The molecule has 1 amide bonds. The number of rotatable bonds is 5. The zero-order valence-electron chi connectivity index (χ0n) is 21.0. The van der Waals surface area contributed by atoms with Crippen LogP contribution >= 0.6 is 0 Å². The number of hydrogen-bond donors (Lipinski definition) is 0. The summed E-state index contributed by atoms with van der Waals surface area (Å²) >= 11 is 0. The van der Waals surface area contributed by atoms with Gasteiger partial charge in [-0.05, 0) is 36.1 Å². The Hall–Kier alpha value is -4.39. The van der Waals surface area contributed by atoms with Gasteiger partial charge in [-0.3, -0.25) is 9.59 Å². The molecule has 1 aromatic heterocycles. The fraction of sp³-hybridized carbons (Fsp3) is 0.233. The first-order valence-corrected chi connectivity index (χ1v) is 12.4. The van der Waals surface area contributed by atoms with Gasteiger partial charge < -0.3 is 19.1 Å². The Morgan fingerprint density at radius 3 is 2.11 bits per heavy atom. The molecule has 0 spiro atoms. The van der Waals surface area contributed by atoms with Crippen molar-refractivity contribution in [2.75, 3.05) is 37.7 Å². The van der Waals surface area contributed by atoms with Crippen molar-refractivity contribution in [3.05, 3.63) is 100 Å². The lowest BCUT2D eigenvalue weighted by atomic mass is 9.96. The van der Waals surface area contributed by atoms with Crippen molar-refractivity contribution in [2.45, 2.75) is 6.92 Å². The highest BCUT2D eigenvalue weighted by Gasteiger charge is 2.26. The van der Waals surface area contributed by atoms with Gasteiger partial charge in [0.1, 0.15) is 5.69 Å². The molecule has 0 unspecified atom stereocenters. The lowest BCUT2D eigenvalue weighted by molar-refractivity contribution is -0.134. The summed E-state index contributed by atoms with van der Waals surface area (Å²) in [6.07, 6.45) is 0. The molecule has 7 heteroatoms. The van der Waals surface area contributed by atoms with E-state index in [2.05, 4.69) is 17.0 Å². The summed E-state index contributed by atoms with van der Waals surface area (Å²) < 4.78 is 6.84. The van der Waals surface area contributed by atoms with Gasteiger partial charge in [0.15, 0.2) is 6.61 Å². The quantitative estimate of drug-likeness (QED) is 0.391. The van der Waals surface area contributed by atoms with Crippen LogP contribution < -0.4 is 10.5 Å². The van der Waals surface area contributed by atoms with Crippen molar-refractivity contribution in [2.24, 2.45) is 7.05 Å². The molecule has 2 heterocycles. The highest BCUT2D eigenvalue weighted by atomic mass is 16.5. The van der Waals surface area contributed by atoms with Gasteiger partial charge in [-0.2, -0.15) is 0 Å². The smallest absolute Gasteiger partial charge is 0.356 e. The Labute approximate surface area is 215 Å². The number of nitrogens with zero attached hydrogens (tertiary/aromatic N) is 3. The number of para-hydroxylation sites is 1. The number of esters is 1. The molecule has 5 rings (SSSR count). The van der Waals surface area contributed by atoms with Gasteiger partial charge in [0.05, 0.1) is 0 Å². The highest BCUT2D eigenvalue weighted by Crippen LogP contribution is 2.31. The number of ether oxygens (including phenoxy) is 1. The normalized spacial score (nSPS) is 13.6. The number of fused-ring (bicyclic) bond motifs is 1. The largest absolute Gasteiger partial charge is 0.451 e. The van der Waals surface area contributed by atoms with Gasteiger partial charge in [0.2, 0.25) is 0 Å². The predicted molar refractivity (Wildman–Crippen MR) is 145 cm³/mol. The maximum atomic E-state index is 13.4. The molecule has 1 fully saturated rings. The summed E-state index contributed by atoms with van der Waals surface area (Å²) in [4.78, 5) is 43.3. The Bertz CT molecular complexity index is 1500. The van der Waals surface area contributed by atoms with E-state index in [1.54, 1.807) is 24.1 Å². The molecule has 0 radical (unpaired) electrons. The summed E-state index contributed by atoms with van der Waals surface area (Å²) in [6, 6.07) is 25.1. The molecule has 0 atom stereocenters. The van der Waals surface area contributed by atoms with Crippen molar-refractivity contribution in [3.8, 4) is 11.1 Å². The van der Waals surface area contributed by atoms with Gasteiger partial charge in [0, 0.05) is 49.9 Å². The van der Waals surface area contributed by atoms with Crippen LogP contribution in [0.2, 0.25) is 0 Å². The summed E-state index contributed by atoms with van der Waals surface area (Å²) in [5.41, 5.74) is 3.47. The van der Waals surface area contributed by atoms with Gasteiger partial charge in [-0.25, -0.2) is 4.79 Å². The van der Waals surface area contributed by atoms with Gasteiger partial charge in [0.25, 0.3) is 11.5 Å². The first-order chi connectivity index (χ1) is 17.9. The summed E-state index contributed by atoms with van der Waals surface area (Å²) in [6.45, 7) is 4.13. The molecule has 4 aromatic rings. The van der Waals surface area contributed by atoms with Crippen LogP contribution in [0.4, 0.5) is 5.69 Å². The zero-order chi connectivity index (χ0) is 25.9. The van der Waals surface area contributed by atoms with E-state index in [0.717, 1.165) is 16.8 Å². The molecular formula is C30H29N3O4. The minimum Gasteiger partial charge on any atom is -0.451 e. The number of benzene rings is 3. The SMILES string of the molecule is Cc1ccc(-c2c(C(=O)OCC(=O)N3CCN(c4ccccc4)CC3)n(C)c(=O)c3ccccc23)cc1. The molecule has 3 aromatic carbocycles. The van der Waals surface area contributed by atoms with E-state index in [1.807, 2.05) is 61.5 Å². The number of piperazine rings is 1. The molecule has 0 aliphatic carbocycles. The van der Waals surface area contributed by atoms with E-state index in [0.29, 0.717) is 42.5 Å². The average molecular weight is 496 g/mol. The van der Waals surface area contributed by atoms with Crippen LogP contribution in [0.3, 0.4) is 0 Å². The number of carbonyl (C=O) groups excluding carboxylic acids is 2. The molecule has 7 nitrogen and oxygen atoms in total. The second-order valence-corrected chi connectivity index (χ2v) is 9.28. The standard InChI is InChI=1S/C30H29N3O4/c1-21-12-14-22(15-13-21)27-24-10-6-7-11-25(24)29(35)31(2)28(27)30(36)37-20-26(34)33-18-16-32(17-19-33)23-8-4-3-5-9-23/h3-15H,16-20H2,1-2H3. The topological polar surface area (TPSA) is 71.9 Å². The lowest BCUT2D eigenvalue weighted by Crippen LogP contribution is -2.50. The Morgan fingerprint density at radius 2 is 1.43 bits per heavy atom. The van der Waals surface area contributed by atoms with Crippen molar-refractivity contribution >= 4 is 28.3 Å². The third kappa shape index (κ3) is 4.85. The number of pyridine rings is 1. The van der Waals surface area contributed by atoms with Crippen LogP contribution in [0, 0.1) is 6.92 Å². The summed E-state index contributed by atoms with van der Waals surface area (Å²) in [7, 11) is 1.56. The molecule has 0 N–H and O–H groups in total. The van der Waals surface area contributed by atoms with E-state index in [1.165, 1.54) is 4.57 Å². The molecule has 0 bridgehead atoms. The van der Waals surface area contributed by atoms with Crippen molar-refractivity contribution in [1.29, 1.82) is 0 Å². The van der Waals surface area contributed by atoms with Gasteiger partial charge in [-0.1, -0.05) is 66.2 Å². The van der Waals surface area contributed by atoms with E-state index < -0.39 is 5.97 Å². The average Bonchev–Trinajstić information content (AvgIpc) is 2.94. The number of anilines is 1. The molecule has 37 heavy (non-hydrogen) atoms. The maximum absolute atomic E-state index is 13.4. The Balaban J connectivity index is 1.37. The van der Waals surface area contributed by atoms with E-state index in [-0.39, 0.29) is 23.8 Å². The number of carbonyl (C=O) groups is 2. The maximum Gasteiger partial charge on any atom is 0.356 e. The minimum absolute atomic E-state index is 0.134. The van der Waals surface area contributed by atoms with E-state index in [4.69, 9.17) is 4.74 Å². The predicted octanol–water partition coefficient (Wildman–Crippen LogP) is 4.02. The van der Waals surface area contributed by atoms with Crippen LogP contribution in [0.25, 0.3) is 21.9 Å². The first-order valence-electron chi connectivity index (χ1n) is 12.4. The third-order valence-corrected chi connectivity index (χ3v) is 6.92. The Kier molecular flexibility index (Phi) is 6.77. The van der Waals surface area contributed by atoms with Crippen molar-refractivity contribution in [3.63, 3.8) is 0 Å². The molecular weight excluding hydrogens is 466 g/mol. The molecule has 0 saturated carbocycles. The third-order valence-electron chi connectivity index (χ3n) is 6.92. The fourth-order valence-corrected chi connectivity index (χ4v) is 4.86. The van der Waals surface area contributed by atoms with Gasteiger partial charge in [-0.15, -0.1) is 0 Å². The van der Waals surface area contributed by atoms with Gasteiger partial charge >= 0.3 is 5.97 Å². The Morgan fingerprint density at radius 1 is 0.811 bits per heavy atom. The molecule has 1 saturated heterocycles. The van der Waals surface area contributed by atoms with Crippen LogP contribution in [-0.2, 0) is 16.6 Å². The lowest BCUT2D eigenvalue weighted by Gasteiger charge is -2.36. The van der Waals surface area contributed by atoms with Crippen molar-refractivity contribution < 1.29 is 14.3 Å². The number of aromatic nitrogens is 1. The summed E-state index contributed by atoms with van der Waals surface area (Å²) in [5.74, 6) is -0.944. The van der Waals surface area contributed by atoms with E-state index in [9.17, 15) is 14.4 Å². The molecule has 1 aliphatic heterocycles. The van der Waals surface area contributed by atoms with E-state index >= 15 is 0 Å². The summed E-state index contributed by atoms with van der Waals surface area (Å²) in [5, 5.41) is 1.19. The zero-order valence-corrected chi connectivity index (χ0v) is 21.0. The highest BCUT2D eigenvalue weighted by molar-refractivity contribution is 6.07. The first kappa shape index (κ1) is 24.3. The van der Waals surface area contributed by atoms with Crippen LogP contribution in [0.5, 0.6) is 0 Å². The number of aryl methyl sites for hydroxylation is 1. The second kappa shape index (κ2) is 10.3.